The summed E-state index contributed by atoms with van der Waals surface area (Å²) < 4.78 is 28.5. The van der Waals surface area contributed by atoms with Crippen molar-refractivity contribution in [1.82, 2.24) is 4.98 Å². The summed E-state index contributed by atoms with van der Waals surface area (Å²) in [5.41, 5.74) is 1.73. The van der Waals surface area contributed by atoms with Crippen LogP contribution in [0.4, 0.5) is 0 Å². The van der Waals surface area contributed by atoms with E-state index >= 15 is 0 Å². The van der Waals surface area contributed by atoms with E-state index in [-0.39, 0.29) is 12.2 Å². The van der Waals surface area contributed by atoms with E-state index in [0.29, 0.717) is 65.7 Å². The van der Waals surface area contributed by atoms with Gasteiger partial charge in [-0.25, -0.2) is 0 Å². The summed E-state index contributed by atoms with van der Waals surface area (Å²) in [7, 11) is 0. The molecule has 0 saturated heterocycles. The molecule has 0 unspecified atom stereocenters. The van der Waals surface area contributed by atoms with Crippen LogP contribution in [0.1, 0.15) is 36.4 Å². The number of nitrogens with zero attached hydrogens (tertiary/aromatic N) is 1. The number of fused-ring (bicyclic) bond motifs is 2. The maximum atomic E-state index is 5.98. The summed E-state index contributed by atoms with van der Waals surface area (Å²) in [6, 6.07) is 5.93. The zero-order chi connectivity index (χ0) is 19.2. The lowest BCUT2D eigenvalue weighted by Crippen LogP contribution is -2.17. The van der Waals surface area contributed by atoms with Crippen LogP contribution >= 0.6 is 0 Å². The van der Waals surface area contributed by atoms with Gasteiger partial charge in [0.05, 0.1) is 64.2 Å². The molecule has 6 nitrogen and oxygen atoms in total. The first-order chi connectivity index (χ1) is 13.3. The SMILES string of the molecule is C=CC[C@@H]1OCCOCCOCCOCCO[C@@H](CC=C)c2cccc1n2. The first-order valence-corrected chi connectivity index (χ1v) is 9.50. The molecule has 2 heterocycles. The molecule has 6 heteroatoms. The second kappa shape index (κ2) is 13.6. The molecule has 2 atom stereocenters. The summed E-state index contributed by atoms with van der Waals surface area (Å²) in [5.74, 6) is 0. The maximum Gasteiger partial charge on any atom is 0.103 e. The molecule has 1 aromatic rings. The smallest absolute Gasteiger partial charge is 0.103 e. The third-order valence-electron chi connectivity index (χ3n) is 4.05. The quantitative estimate of drug-likeness (QED) is 0.750. The number of hydrogen-bond donors (Lipinski definition) is 0. The highest BCUT2D eigenvalue weighted by Gasteiger charge is 2.17. The summed E-state index contributed by atoms with van der Waals surface area (Å²) in [4.78, 5) is 4.79. The van der Waals surface area contributed by atoms with Crippen molar-refractivity contribution in [2.45, 2.75) is 25.0 Å². The van der Waals surface area contributed by atoms with Crippen LogP contribution in [0.3, 0.4) is 0 Å². The van der Waals surface area contributed by atoms with Crippen molar-refractivity contribution < 1.29 is 23.7 Å². The minimum Gasteiger partial charge on any atom is -0.377 e. The van der Waals surface area contributed by atoms with Crippen molar-refractivity contribution in [1.29, 1.82) is 0 Å². The van der Waals surface area contributed by atoms with E-state index in [1.54, 1.807) is 0 Å². The number of rotatable bonds is 4. The van der Waals surface area contributed by atoms with Crippen LogP contribution in [-0.2, 0) is 23.7 Å². The molecule has 0 saturated carbocycles. The molecule has 2 rings (SSSR count). The minimum absolute atomic E-state index is 0.158. The monoisotopic (exact) mass is 377 g/mol. The van der Waals surface area contributed by atoms with E-state index < -0.39 is 0 Å². The van der Waals surface area contributed by atoms with Gasteiger partial charge >= 0.3 is 0 Å². The van der Waals surface area contributed by atoms with Crippen molar-refractivity contribution in [3.63, 3.8) is 0 Å². The van der Waals surface area contributed by atoms with Gasteiger partial charge in [0.15, 0.2) is 0 Å². The predicted molar refractivity (Wildman–Crippen MR) is 104 cm³/mol. The Morgan fingerprint density at radius 2 is 1.15 bits per heavy atom. The molecule has 2 bridgehead atoms. The van der Waals surface area contributed by atoms with Gasteiger partial charge in [0.1, 0.15) is 12.2 Å². The van der Waals surface area contributed by atoms with Crippen molar-refractivity contribution >= 4 is 0 Å². The number of pyridine rings is 1. The van der Waals surface area contributed by atoms with Gasteiger partial charge in [-0.2, -0.15) is 0 Å². The Balaban J connectivity index is 2.10. The Hall–Kier alpha value is -1.57. The molecule has 150 valence electrons. The van der Waals surface area contributed by atoms with Gasteiger partial charge in [-0.15, -0.1) is 13.2 Å². The highest BCUT2D eigenvalue weighted by molar-refractivity contribution is 5.16. The van der Waals surface area contributed by atoms with Crippen LogP contribution in [0, 0.1) is 0 Å². The topological polar surface area (TPSA) is 59.0 Å². The lowest BCUT2D eigenvalue weighted by molar-refractivity contribution is -0.0321. The Bertz CT molecular complexity index is 508. The maximum absolute atomic E-state index is 5.98. The van der Waals surface area contributed by atoms with Gasteiger partial charge < -0.3 is 23.7 Å². The zero-order valence-electron chi connectivity index (χ0n) is 16.0. The van der Waals surface area contributed by atoms with Gasteiger partial charge in [-0.3, -0.25) is 4.98 Å². The van der Waals surface area contributed by atoms with Crippen LogP contribution in [0.5, 0.6) is 0 Å². The summed E-state index contributed by atoms with van der Waals surface area (Å²) >= 11 is 0. The van der Waals surface area contributed by atoms with E-state index in [2.05, 4.69) is 13.2 Å². The van der Waals surface area contributed by atoms with E-state index in [0.717, 1.165) is 11.4 Å². The van der Waals surface area contributed by atoms with Gasteiger partial charge in [0.2, 0.25) is 0 Å². The summed E-state index contributed by atoms with van der Waals surface area (Å²) in [5, 5.41) is 0. The molecule has 0 N–H and O–H groups in total. The molecular formula is C21H31NO5. The van der Waals surface area contributed by atoms with E-state index in [1.165, 1.54) is 0 Å². The second-order valence-electron chi connectivity index (χ2n) is 6.09. The second-order valence-corrected chi connectivity index (χ2v) is 6.09. The molecule has 27 heavy (non-hydrogen) atoms. The fourth-order valence-corrected chi connectivity index (χ4v) is 2.72. The van der Waals surface area contributed by atoms with Crippen LogP contribution in [0.25, 0.3) is 0 Å². The normalized spacial score (nSPS) is 23.7. The molecule has 1 aromatic heterocycles. The van der Waals surface area contributed by atoms with Crippen molar-refractivity contribution in [3.8, 4) is 0 Å². The van der Waals surface area contributed by atoms with Gasteiger partial charge in [-0.1, -0.05) is 18.2 Å². The van der Waals surface area contributed by atoms with Crippen LogP contribution in [0.15, 0.2) is 43.5 Å². The standard InChI is InChI=1S/C21H31NO5/c1-3-6-20-18-8-5-9-19(22-18)21(7-4-2)27-17-15-25-13-11-23-10-12-24-14-16-26-20/h3-5,8-9,20-21H,1-2,6-7,10-17H2/t20-,21-/m0/s1. The lowest BCUT2D eigenvalue weighted by atomic mass is 10.1. The fourth-order valence-electron chi connectivity index (χ4n) is 2.72. The number of ether oxygens (including phenoxy) is 5. The summed E-state index contributed by atoms with van der Waals surface area (Å²) in [6.45, 7) is 11.8. The zero-order valence-corrected chi connectivity index (χ0v) is 16.0. The molecule has 0 amide bonds. The molecular weight excluding hydrogens is 346 g/mol. The van der Waals surface area contributed by atoms with Gasteiger partial charge in [0.25, 0.3) is 0 Å². The predicted octanol–water partition coefficient (Wildman–Crippen LogP) is 3.41. The Labute approximate surface area is 162 Å². The Morgan fingerprint density at radius 3 is 1.56 bits per heavy atom. The lowest BCUT2D eigenvalue weighted by Gasteiger charge is -2.20. The number of aromatic nitrogens is 1. The molecule has 0 fully saturated rings. The first-order valence-electron chi connectivity index (χ1n) is 9.50. The van der Waals surface area contributed by atoms with E-state index in [1.807, 2.05) is 30.4 Å². The molecule has 0 spiro atoms. The fraction of sp³-hybridized carbons (Fsp3) is 0.571. The highest BCUT2D eigenvalue weighted by Crippen LogP contribution is 2.25. The van der Waals surface area contributed by atoms with E-state index in [4.69, 9.17) is 28.7 Å². The van der Waals surface area contributed by atoms with Crippen LogP contribution in [-0.4, -0.2) is 57.8 Å². The van der Waals surface area contributed by atoms with Crippen LogP contribution < -0.4 is 0 Å². The largest absolute Gasteiger partial charge is 0.377 e. The van der Waals surface area contributed by atoms with Crippen LogP contribution in [0.2, 0.25) is 0 Å². The number of hydrogen-bond acceptors (Lipinski definition) is 6. The molecule has 0 radical (unpaired) electrons. The average Bonchev–Trinajstić information content (AvgIpc) is 2.69. The van der Waals surface area contributed by atoms with E-state index in [9.17, 15) is 0 Å². The third kappa shape index (κ3) is 8.32. The molecule has 1 aliphatic rings. The highest BCUT2D eigenvalue weighted by atomic mass is 16.6. The average molecular weight is 377 g/mol. The molecule has 1 aliphatic heterocycles. The minimum atomic E-state index is -0.158. The summed E-state index contributed by atoms with van der Waals surface area (Å²) in [6.07, 6.45) is 4.73. The Morgan fingerprint density at radius 1 is 0.741 bits per heavy atom. The van der Waals surface area contributed by atoms with Gasteiger partial charge in [-0.05, 0) is 25.0 Å². The Kier molecular flexibility index (Phi) is 10.9. The molecule has 0 aliphatic carbocycles. The van der Waals surface area contributed by atoms with Crippen molar-refractivity contribution in [2.24, 2.45) is 0 Å². The third-order valence-corrected chi connectivity index (χ3v) is 4.05. The van der Waals surface area contributed by atoms with Crippen molar-refractivity contribution in [2.75, 3.05) is 52.9 Å². The first kappa shape index (κ1) is 21.7. The van der Waals surface area contributed by atoms with Gasteiger partial charge in [0, 0.05) is 0 Å². The molecule has 0 aromatic carbocycles. The van der Waals surface area contributed by atoms with Crippen molar-refractivity contribution in [3.05, 3.63) is 54.9 Å².